The first kappa shape index (κ1) is 53.6. The summed E-state index contributed by atoms with van der Waals surface area (Å²) in [6.45, 7) is 8.47. The Labute approximate surface area is 383 Å². The maximum absolute atomic E-state index is 14.4. The zero-order chi connectivity index (χ0) is 49.1. The number of amides is 7. The molecule has 1 fully saturated rings. The molecule has 2 aromatic rings. The number of hydrogen-bond donors (Lipinski definition) is 12. The molecule has 7 amide bonds. The van der Waals surface area contributed by atoms with Gasteiger partial charge >= 0.3 is 5.97 Å². The molecule has 1 aliphatic rings. The number of H-pyrrole nitrogens is 1. The van der Waals surface area contributed by atoms with Crippen LogP contribution in [0.25, 0.3) is 0 Å². The number of aliphatic imine (C=N–C) groups is 1. The summed E-state index contributed by atoms with van der Waals surface area (Å²) in [5.74, 6) is -7.10. The van der Waals surface area contributed by atoms with E-state index in [4.69, 9.17) is 11.5 Å². The average molecular weight is 926 g/mol. The van der Waals surface area contributed by atoms with Gasteiger partial charge in [-0.05, 0) is 69.2 Å². The fraction of sp³-hybridized carbons (Fsp3) is 0.581. The molecule has 364 valence electrons. The first-order valence-corrected chi connectivity index (χ1v) is 22.1. The summed E-state index contributed by atoms with van der Waals surface area (Å²) in [6.07, 6.45) is 4.25. The van der Waals surface area contributed by atoms with Gasteiger partial charge in [0.15, 0.2) is 5.96 Å². The molecule has 1 aliphatic heterocycles. The summed E-state index contributed by atoms with van der Waals surface area (Å²) < 4.78 is 0. The Morgan fingerprint density at radius 3 is 2.08 bits per heavy atom. The van der Waals surface area contributed by atoms with E-state index in [1.54, 1.807) is 46.9 Å². The Kier molecular flexibility index (Phi) is 21.3. The minimum Gasteiger partial charge on any atom is -0.508 e. The largest absolute Gasteiger partial charge is 0.508 e. The first-order valence-electron chi connectivity index (χ1n) is 22.1. The number of nitrogens with zero attached hydrogens (tertiary/aromatic N) is 3. The van der Waals surface area contributed by atoms with Gasteiger partial charge < -0.3 is 68.8 Å². The van der Waals surface area contributed by atoms with Gasteiger partial charge in [0.25, 0.3) is 0 Å². The van der Waals surface area contributed by atoms with E-state index < -0.39 is 101 Å². The molecule has 0 radical (unpaired) electrons. The molecule has 1 saturated heterocycles. The van der Waals surface area contributed by atoms with Crippen LogP contribution in [0.1, 0.15) is 78.0 Å². The average Bonchev–Trinajstić information content (AvgIpc) is 3.98. The van der Waals surface area contributed by atoms with Crippen LogP contribution in [0.3, 0.4) is 0 Å². The number of phenols is 1. The highest BCUT2D eigenvalue weighted by atomic mass is 16.4. The second-order valence-electron chi connectivity index (χ2n) is 16.7. The number of aromatic hydroxyl groups is 1. The molecule has 23 nitrogen and oxygen atoms in total. The molecule has 14 N–H and O–H groups in total. The number of aromatic nitrogens is 2. The highest BCUT2D eigenvalue weighted by Gasteiger charge is 2.40. The third kappa shape index (κ3) is 16.7. The highest BCUT2D eigenvalue weighted by molar-refractivity contribution is 5.98. The molecular formula is C43H67N13O10. The van der Waals surface area contributed by atoms with Gasteiger partial charge in [-0.1, -0.05) is 46.2 Å². The van der Waals surface area contributed by atoms with E-state index in [-0.39, 0.29) is 57.0 Å². The van der Waals surface area contributed by atoms with Crippen LogP contribution in [-0.2, 0) is 51.2 Å². The quantitative estimate of drug-likeness (QED) is 0.0273. The van der Waals surface area contributed by atoms with E-state index in [2.05, 4.69) is 52.2 Å². The zero-order valence-corrected chi connectivity index (χ0v) is 38.4. The summed E-state index contributed by atoms with van der Waals surface area (Å²) >= 11 is 0. The Balaban J connectivity index is 1.91. The predicted octanol–water partition coefficient (Wildman–Crippen LogP) is -2.12. The SMILES string of the molecule is CC[C@@H](C)[C@H](NC(=O)[C@@H](Cc1ccc(O)cc1)NC(=O)[C@H](NC(=O)[C@@H](CCCN=C(N)N)NC(=O)CNC)C(C)C)C(=O)N[C@@H](Cc1cnc[nH]1)C(=O)N1CCC[C@H]1C(=O)N[C@@H](C)C(=O)O. The highest BCUT2D eigenvalue weighted by Crippen LogP contribution is 2.21. The number of imidazole rings is 1. The van der Waals surface area contributed by atoms with Crippen LogP contribution in [0, 0.1) is 11.8 Å². The molecule has 0 bridgehead atoms. The predicted molar refractivity (Wildman–Crippen MR) is 242 cm³/mol. The van der Waals surface area contributed by atoms with Crippen molar-refractivity contribution in [2.75, 3.05) is 26.7 Å². The van der Waals surface area contributed by atoms with Gasteiger partial charge in [0.1, 0.15) is 48.0 Å². The van der Waals surface area contributed by atoms with Gasteiger partial charge in [0, 0.05) is 37.8 Å². The lowest BCUT2D eigenvalue weighted by atomic mass is 9.96. The second kappa shape index (κ2) is 26.2. The number of carbonyl (C=O) groups excluding carboxylic acids is 7. The summed E-state index contributed by atoms with van der Waals surface area (Å²) in [5.41, 5.74) is 11.9. The zero-order valence-electron chi connectivity index (χ0n) is 38.4. The van der Waals surface area contributed by atoms with E-state index >= 15 is 0 Å². The Morgan fingerprint density at radius 2 is 1.48 bits per heavy atom. The number of likely N-dealkylation sites (N-methyl/N-ethyl adjacent to an activating group) is 1. The number of likely N-dealkylation sites (tertiary alicyclic amines) is 1. The molecule has 66 heavy (non-hydrogen) atoms. The summed E-state index contributed by atoms with van der Waals surface area (Å²) in [5, 5.41) is 38.1. The third-order valence-corrected chi connectivity index (χ3v) is 11.1. The van der Waals surface area contributed by atoms with Crippen LogP contribution in [0.2, 0.25) is 0 Å². The fourth-order valence-electron chi connectivity index (χ4n) is 7.21. The number of nitrogens with one attached hydrogen (secondary N) is 8. The number of aliphatic carboxylic acids is 1. The van der Waals surface area contributed by atoms with Crippen molar-refractivity contribution in [3.8, 4) is 5.75 Å². The van der Waals surface area contributed by atoms with E-state index in [9.17, 15) is 48.6 Å². The van der Waals surface area contributed by atoms with Crippen molar-refractivity contribution < 1.29 is 48.6 Å². The minimum absolute atomic E-state index is 0.0375. The topological polar surface area (TPSA) is 358 Å². The van der Waals surface area contributed by atoms with Crippen LogP contribution >= 0.6 is 0 Å². The number of rotatable bonds is 26. The van der Waals surface area contributed by atoms with Gasteiger partial charge in [-0.3, -0.25) is 43.3 Å². The molecule has 2 heterocycles. The molecule has 1 aromatic carbocycles. The van der Waals surface area contributed by atoms with E-state index in [0.717, 1.165) is 0 Å². The third-order valence-electron chi connectivity index (χ3n) is 11.1. The molecule has 0 spiro atoms. The van der Waals surface area contributed by atoms with Crippen LogP contribution in [-0.4, -0.2) is 147 Å². The van der Waals surface area contributed by atoms with Crippen molar-refractivity contribution >= 4 is 53.3 Å². The van der Waals surface area contributed by atoms with Crippen LogP contribution in [0.5, 0.6) is 5.75 Å². The van der Waals surface area contributed by atoms with E-state index in [1.807, 2.05) is 0 Å². The summed E-state index contributed by atoms with van der Waals surface area (Å²) in [4.78, 5) is 120. The number of hydrogen-bond acceptors (Lipinski definition) is 12. The van der Waals surface area contributed by atoms with E-state index in [0.29, 0.717) is 30.5 Å². The number of carboxylic acid groups (broad SMARTS) is 1. The van der Waals surface area contributed by atoms with Gasteiger partial charge in [-0.25, -0.2) is 4.98 Å². The van der Waals surface area contributed by atoms with Crippen molar-refractivity contribution in [3.05, 3.63) is 48.0 Å². The number of carbonyl (C=O) groups is 8. The molecule has 0 aliphatic carbocycles. The molecule has 8 atom stereocenters. The van der Waals surface area contributed by atoms with Gasteiger partial charge in [-0.15, -0.1) is 0 Å². The number of phenolic OH excluding ortho intramolecular Hbond substituents is 1. The monoisotopic (exact) mass is 926 g/mol. The Hall–Kier alpha value is -6.78. The van der Waals surface area contributed by atoms with Gasteiger partial charge in [0.2, 0.25) is 41.4 Å². The first-order chi connectivity index (χ1) is 31.2. The maximum Gasteiger partial charge on any atom is 0.325 e. The van der Waals surface area contributed by atoms with Crippen molar-refractivity contribution in [1.82, 2.24) is 52.1 Å². The van der Waals surface area contributed by atoms with Gasteiger partial charge in [-0.2, -0.15) is 0 Å². The standard InChI is InChI=1S/C43H67N13O10/c1-7-24(4)35(40(63)53-31(19-27-20-47-22-49-27)41(64)56-17-9-11-32(56)38(61)50-25(5)42(65)66)55-37(60)30(18-26-12-14-28(57)15-13-26)52-39(62)34(23(2)3)54-36(59)29(51-33(58)21-46-6)10-8-16-48-43(44)45/h12-15,20,22-25,29-32,34-35,46,57H,7-11,16-19,21H2,1-6H3,(H,47,49)(H,50,61)(H,51,58)(H,52,62)(H,53,63)(H,54,59)(H,55,60)(H,65,66)(H4,44,45,48)/t24-,25+,29-,30-,31+,32+,34-,35+/m1/s1. The molecule has 0 unspecified atom stereocenters. The second-order valence-corrected chi connectivity index (χ2v) is 16.7. The van der Waals surface area contributed by atoms with Gasteiger partial charge in [0.05, 0.1) is 12.9 Å². The normalized spacial score (nSPS) is 16.6. The van der Waals surface area contributed by atoms with Crippen LogP contribution < -0.4 is 48.7 Å². The summed E-state index contributed by atoms with van der Waals surface area (Å²) in [7, 11) is 1.57. The minimum atomic E-state index is -1.34. The number of guanidine groups is 1. The number of nitrogens with two attached hydrogens (primary N) is 2. The van der Waals surface area contributed by atoms with Crippen LogP contribution in [0.15, 0.2) is 41.8 Å². The summed E-state index contributed by atoms with van der Waals surface area (Å²) in [6, 6.07) is -2.40. The smallest absolute Gasteiger partial charge is 0.325 e. The Bertz CT molecular complexity index is 1990. The Morgan fingerprint density at radius 1 is 0.848 bits per heavy atom. The van der Waals surface area contributed by atoms with Crippen LogP contribution in [0.4, 0.5) is 0 Å². The number of carboxylic acids is 1. The maximum atomic E-state index is 14.4. The lowest BCUT2D eigenvalue weighted by Crippen LogP contribution is -2.62. The molecule has 1 aromatic heterocycles. The lowest BCUT2D eigenvalue weighted by Gasteiger charge is -2.32. The molecule has 3 rings (SSSR count). The molecule has 23 heteroatoms. The van der Waals surface area contributed by atoms with Crippen molar-refractivity contribution in [3.63, 3.8) is 0 Å². The van der Waals surface area contributed by atoms with Crippen molar-refractivity contribution in [2.24, 2.45) is 28.3 Å². The molecule has 0 saturated carbocycles. The number of benzene rings is 1. The fourth-order valence-corrected chi connectivity index (χ4v) is 7.21. The van der Waals surface area contributed by atoms with Crippen molar-refractivity contribution in [1.29, 1.82) is 0 Å². The van der Waals surface area contributed by atoms with Crippen molar-refractivity contribution in [2.45, 2.75) is 122 Å². The molecular weight excluding hydrogens is 859 g/mol. The number of aromatic amines is 1. The van der Waals surface area contributed by atoms with E-state index in [1.165, 1.54) is 36.5 Å². The lowest BCUT2D eigenvalue weighted by molar-refractivity contribution is -0.144.